The second-order valence-electron chi connectivity index (χ2n) is 5.80. The first kappa shape index (κ1) is 18.2. The fourth-order valence-corrected chi connectivity index (χ4v) is 2.91. The van der Waals surface area contributed by atoms with E-state index in [1.54, 1.807) is 18.1 Å². The molecule has 1 aliphatic rings. The largest absolute Gasteiger partial charge is 0.497 e. The Bertz CT molecular complexity index is 706. The molecule has 1 aromatic heterocycles. The Morgan fingerprint density at radius 2 is 2.29 bits per heavy atom. The number of halogens is 1. The quantitative estimate of drug-likeness (QED) is 0.904. The first-order valence-corrected chi connectivity index (χ1v) is 7.61. The van der Waals surface area contributed by atoms with Crippen molar-refractivity contribution in [3.63, 3.8) is 0 Å². The highest BCUT2D eigenvalue weighted by atomic mass is 35.5. The summed E-state index contributed by atoms with van der Waals surface area (Å²) in [5, 5.41) is 3.83. The van der Waals surface area contributed by atoms with E-state index in [0.717, 1.165) is 6.42 Å². The van der Waals surface area contributed by atoms with Gasteiger partial charge in [0, 0.05) is 18.2 Å². The summed E-state index contributed by atoms with van der Waals surface area (Å²) in [7, 11) is 1.59. The summed E-state index contributed by atoms with van der Waals surface area (Å²) in [4.78, 5) is 18.6. The second-order valence-corrected chi connectivity index (χ2v) is 5.80. The van der Waals surface area contributed by atoms with Crippen molar-refractivity contribution in [1.29, 1.82) is 0 Å². The van der Waals surface area contributed by atoms with Crippen LogP contribution in [0.4, 0.5) is 0 Å². The molecule has 7 nitrogen and oxygen atoms in total. The predicted molar refractivity (Wildman–Crippen MR) is 91.2 cm³/mol. The van der Waals surface area contributed by atoms with Gasteiger partial charge in [0.25, 0.3) is 17.6 Å². The summed E-state index contributed by atoms with van der Waals surface area (Å²) in [6.45, 7) is 3.23. The first-order valence-electron chi connectivity index (χ1n) is 7.61. The Hall–Kier alpha value is -2.12. The van der Waals surface area contributed by atoms with Gasteiger partial charge in [-0.1, -0.05) is 11.2 Å². The standard InChI is InChI=1S/C16H20N4O3.ClH/c1-10-6-11(8-17)9-20(10)16(21)14-18-15(23-19-14)12-4-3-5-13(7-12)22-2;/h3-5,7,10-11H,6,8-9,17H2,1-2H3;1H. The molecule has 0 saturated carbocycles. The first-order chi connectivity index (χ1) is 11.1. The lowest BCUT2D eigenvalue weighted by Gasteiger charge is -2.19. The molecule has 0 bridgehead atoms. The van der Waals surface area contributed by atoms with Gasteiger partial charge in [0.05, 0.1) is 7.11 Å². The molecule has 3 rings (SSSR count). The van der Waals surface area contributed by atoms with Crippen molar-refractivity contribution < 1.29 is 14.1 Å². The molecule has 1 amide bonds. The number of hydrogen-bond donors (Lipinski definition) is 1. The summed E-state index contributed by atoms with van der Waals surface area (Å²) in [5.74, 6) is 1.18. The highest BCUT2D eigenvalue weighted by Gasteiger charge is 2.34. The van der Waals surface area contributed by atoms with E-state index in [1.165, 1.54) is 0 Å². The monoisotopic (exact) mass is 352 g/mol. The molecule has 2 unspecified atom stereocenters. The highest BCUT2D eigenvalue weighted by molar-refractivity contribution is 5.91. The molecule has 1 saturated heterocycles. The Labute approximate surface area is 146 Å². The average Bonchev–Trinajstić information content (AvgIpc) is 3.21. The van der Waals surface area contributed by atoms with Crippen molar-refractivity contribution >= 4 is 18.3 Å². The Kier molecular flexibility index (Phi) is 5.80. The van der Waals surface area contributed by atoms with Crippen LogP contribution in [0.15, 0.2) is 28.8 Å². The zero-order chi connectivity index (χ0) is 16.4. The van der Waals surface area contributed by atoms with E-state index in [1.807, 2.05) is 25.1 Å². The number of benzene rings is 1. The molecule has 2 heterocycles. The fourth-order valence-electron chi connectivity index (χ4n) is 2.91. The van der Waals surface area contributed by atoms with Crippen molar-refractivity contribution in [1.82, 2.24) is 15.0 Å². The third-order valence-corrected chi connectivity index (χ3v) is 4.19. The summed E-state index contributed by atoms with van der Waals surface area (Å²) in [5.41, 5.74) is 6.42. The SMILES string of the molecule is COc1cccc(-c2nc(C(=O)N3CC(CN)CC3C)no2)c1.Cl. The molecule has 1 aliphatic heterocycles. The number of rotatable bonds is 4. The normalized spacial score (nSPS) is 19.9. The maximum absolute atomic E-state index is 12.6. The van der Waals surface area contributed by atoms with Gasteiger partial charge in [-0.3, -0.25) is 4.79 Å². The summed E-state index contributed by atoms with van der Waals surface area (Å²) < 4.78 is 10.4. The van der Waals surface area contributed by atoms with Crippen LogP contribution in [-0.4, -0.2) is 47.2 Å². The van der Waals surface area contributed by atoms with Crippen molar-refractivity contribution in [2.24, 2.45) is 11.7 Å². The van der Waals surface area contributed by atoms with Gasteiger partial charge in [-0.25, -0.2) is 0 Å². The number of carbonyl (C=O) groups excluding carboxylic acids is 1. The topological polar surface area (TPSA) is 94.5 Å². The van der Waals surface area contributed by atoms with E-state index >= 15 is 0 Å². The number of methoxy groups -OCH3 is 1. The Morgan fingerprint density at radius 3 is 2.96 bits per heavy atom. The van der Waals surface area contributed by atoms with Gasteiger partial charge in [0.15, 0.2) is 0 Å². The number of ether oxygens (including phenoxy) is 1. The minimum absolute atomic E-state index is 0. The van der Waals surface area contributed by atoms with Crippen molar-refractivity contribution in [2.75, 3.05) is 20.2 Å². The number of carbonyl (C=O) groups is 1. The highest BCUT2D eigenvalue weighted by Crippen LogP contribution is 2.25. The lowest BCUT2D eigenvalue weighted by Crippen LogP contribution is -2.35. The number of likely N-dealkylation sites (tertiary alicyclic amines) is 1. The molecular weight excluding hydrogens is 332 g/mol. The van der Waals surface area contributed by atoms with E-state index in [9.17, 15) is 4.79 Å². The van der Waals surface area contributed by atoms with Crippen LogP contribution in [0.2, 0.25) is 0 Å². The van der Waals surface area contributed by atoms with Crippen LogP contribution < -0.4 is 10.5 Å². The van der Waals surface area contributed by atoms with E-state index in [2.05, 4.69) is 10.1 Å². The zero-order valence-electron chi connectivity index (χ0n) is 13.6. The third-order valence-electron chi connectivity index (χ3n) is 4.19. The number of nitrogens with two attached hydrogens (primary N) is 1. The lowest BCUT2D eigenvalue weighted by molar-refractivity contribution is 0.0727. The zero-order valence-corrected chi connectivity index (χ0v) is 14.5. The minimum atomic E-state index is -0.216. The molecule has 1 aromatic carbocycles. The maximum atomic E-state index is 12.6. The summed E-state index contributed by atoms with van der Waals surface area (Å²) >= 11 is 0. The molecule has 24 heavy (non-hydrogen) atoms. The van der Waals surface area contributed by atoms with Gasteiger partial charge in [-0.05, 0) is 44.0 Å². The predicted octanol–water partition coefficient (Wildman–Crippen LogP) is 1.98. The molecular formula is C16H21ClN4O3. The van der Waals surface area contributed by atoms with Crippen LogP contribution in [0.25, 0.3) is 11.5 Å². The molecule has 0 aliphatic carbocycles. The molecule has 2 atom stereocenters. The van der Waals surface area contributed by atoms with Crippen LogP contribution in [0.3, 0.4) is 0 Å². The molecule has 2 N–H and O–H groups in total. The van der Waals surface area contributed by atoms with Gasteiger partial charge in [-0.15, -0.1) is 12.4 Å². The van der Waals surface area contributed by atoms with E-state index < -0.39 is 0 Å². The molecule has 8 heteroatoms. The number of hydrogen-bond acceptors (Lipinski definition) is 6. The number of aromatic nitrogens is 2. The van der Waals surface area contributed by atoms with E-state index in [-0.39, 0.29) is 30.2 Å². The van der Waals surface area contributed by atoms with Gasteiger partial charge in [0.1, 0.15) is 5.75 Å². The number of amides is 1. The fraction of sp³-hybridized carbons (Fsp3) is 0.438. The van der Waals surface area contributed by atoms with Crippen molar-refractivity contribution in [3.05, 3.63) is 30.1 Å². The molecule has 1 fully saturated rings. The van der Waals surface area contributed by atoms with Crippen LogP contribution >= 0.6 is 12.4 Å². The van der Waals surface area contributed by atoms with Crippen LogP contribution in [0.5, 0.6) is 5.75 Å². The van der Waals surface area contributed by atoms with Crippen LogP contribution in [-0.2, 0) is 0 Å². The molecule has 0 radical (unpaired) electrons. The van der Waals surface area contributed by atoms with Crippen LogP contribution in [0, 0.1) is 5.92 Å². The van der Waals surface area contributed by atoms with Gasteiger partial charge in [0.2, 0.25) is 0 Å². The van der Waals surface area contributed by atoms with Crippen molar-refractivity contribution in [2.45, 2.75) is 19.4 Å². The van der Waals surface area contributed by atoms with Crippen molar-refractivity contribution in [3.8, 4) is 17.2 Å². The van der Waals surface area contributed by atoms with Gasteiger partial charge >= 0.3 is 0 Å². The van der Waals surface area contributed by atoms with Gasteiger partial charge < -0.3 is 19.9 Å². The van der Waals surface area contributed by atoms with Gasteiger partial charge in [-0.2, -0.15) is 4.98 Å². The Balaban J connectivity index is 0.00000208. The lowest BCUT2D eigenvalue weighted by atomic mass is 10.1. The minimum Gasteiger partial charge on any atom is -0.497 e. The molecule has 130 valence electrons. The van der Waals surface area contributed by atoms with Crippen LogP contribution in [0.1, 0.15) is 24.0 Å². The maximum Gasteiger partial charge on any atom is 0.295 e. The molecule has 2 aromatic rings. The molecule has 0 spiro atoms. The second kappa shape index (κ2) is 7.63. The summed E-state index contributed by atoms with van der Waals surface area (Å²) in [6.07, 6.45) is 0.906. The number of nitrogens with zero attached hydrogens (tertiary/aromatic N) is 3. The van der Waals surface area contributed by atoms with E-state index in [4.69, 9.17) is 15.0 Å². The third kappa shape index (κ3) is 3.52. The summed E-state index contributed by atoms with van der Waals surface area (Å²) in [6, 6.07) is 7.39. The van der Waals surface area contributed by atoms with E-state index in [0.29, 0.717) is 36.2 Å². The average molecular weight is 353 g/mol. The Morgan fingerprint density at radius 1 is 1.50 bits per heavy atom. The smallest absolute Gasteiger partial charge is 0.295 e.